The third kappa shape index (κ3) is 6.37. The van der Waals surface area contributed by atoms with E-state index in [1.165, 1.54) is 51.2 Å². The molecule has 0 saturated heterocycles. The first-order valence-corrected chi connectivity index (χ1v) is 10.7. The van der Waals surface area contributed by atoms with Crippen LogP contribution in [0.1, 0.15) is 80.1 Å². The molecule has 0 aromatic heterocycles. The predicted molar refractivity (Wildman–Crippen MR) is 115 cm³/mol. The molecule has 0 heterocycles. The van der Waals surface area contributed by atoms with E-state index in [-0.39, 0.29) is 17.0 Å². The lowest BCUT2D eigenvalue weighted by Gasteiger charge is -2.39. The van der Waals surface area contributed by atoms with Crippen molar-refractivity contribution in [2.45, 2.75) is 92.7 Å². The van der Waals surface area contributed by atoms with Gasteiger partial charge >= 0.3 is 0 Å². The second-order valence-electron chi connectivity index (χ2n) is 9.93. The Morgan fingerprint density at radius 2 is 1.08 bits per heavy atom. The van der Waals surface area contributed by atoms with Crippen molar-refractivity contribution in [3.8, 4) is 0 Å². The first-order chi connectivity index (χ1) is 10.9. The molecule has 0 N–H and O–H groups in total. The highest BCUT2D eigenvalue weighted by Gasteiger charge is 2.33. The van der Waals surface area contributed by atoms with Crippen LogP contribution in [0.3, 0.4) is 0 Å². The zero-order valence-corrected chi connectivity index (χ0v) is 19.0. The zero-order chi connectivity index (χ0) is 17.0. The van der Waals surface area contributed by atoms with E-state index in [2.05, 4.69) is 48.8 Å². The lowest BCUT2D eigenvalue weighted by atomic mass is 9.54. The van der Waals surface area contributed by atoms with Crippen molar-refractivity contribution in [1.29, 1.82) is 0 Å². The largest absolute Gasteiger partial charge is 0.114 e. The minimum absolute atomic E-state index is 0. The van der Waals surface area contributed by atoms with Crippen molar-refractivity contribution in [2.75, 3.05) is 0 Å². The first-order valence-electron chi connectivity index (χ1n) is 10.7. The summed E-state index contributed by atoms with van der Waals surface area (Å²) in [4.78, 5) is 0. The maximum atomic E-state index is 2.72. The monoisotopic (exact) mass is 397 g/mol. The van der Waals surface area contributed by atoms with E-state index in [0.29, 0.717) is 0 Å². The Hall–Kier alpha value is 0.545. The normalized spacial score (nSPS) is 37.3. The number of hydrogen-bond donors (Lipinski definition) is 0. The van der Waals surface area contributed by atoms with Crippen LogP contribution in [0, 0.1) is 47.3 Å². The maximum Gasteiger partial charge on any atom is 0.110 e. The molecule has 0 bridgehead atoms. The molecule has 2 aliphatic carbocycles. The third-order valence-corrected chi connectivity index (χ3v) is 7.26. The van der Waals surface area contributed by atoms with Crippen molar-refractivity contribution in [3.05, 3.63) is 0 Å². The summed E-state index contributed by atoms with van der Waals surface area (Å²) in [5, 5.41) is 0. The van der Waals surface area contributed by atoms with Crippen LogP contribution < -0.4 is 0 Å². The van der Waals surface area contributed by atoms with Crippen LogP contribution >= 0.6 is 17.0 Å². The molecule has 2 fully saturated rings. The summed E-state index contributed by atoms with van der Waals surface area (Å²) in [7, 11) is 2.72. The van der Waals surface area contributed by atoms with Crippen molar-refractivity contribution >= 4 is 24.3 Å². The Morgan fingerprint density at radius 3 is 1.42 bits per heavy atom. The predicted octanol–water partition coefficient (Wildman–Crippen LogP) is 7.52. The van der Waals surface area contributed by atoms with Gasteiger partial charge < -0.3 is 0 Å². The molecule has 2 aliphatic rings. The molecule has 141 valence electrons. The van der Waals surface area contributed by atoms with Crippen LogP contribution in [-0.4, -0.2) is 7.28 Å². The van der Waals surface area contributed by atoms with Gasteiger partial charge in [-0.25, -0.2) is 0 Å². The molecule has 0 aromatic rings. The van der Waals surface area contributed by atoms with Crippen molar-refractivity contribution in [1.82, 2.24) is 0 Å². The minimum atomic E-state index is 0. The molecule has 0 spiro atoms. The van der Waals surface area contributed by atoms with E-state index in [1.807, 2.05) is 0 Å². The highest BCUT2D eigenvalue weighted by molar-refractivity contribution is 8.93. The van der Waals surface area contributed by atoms with Gasteiger partial charge in [0, 0.05) is 0 Å². The van der Waals surface area contributed by atoms with Gasteiger partial charge in [0.15, 0.2) is 0 Å². The Labute approximate surface area is 164 Å². The van der Waals surface area contributed by atoms with Gasteiger partial charge in [-0.15, -0.1) is 17.0 Å². The number of hydrogen-bond acceptors (Lipinski definition) is 0. The van der Waals surface area contributed by atoms with Gasteiger partial charge in [0.1, 0.15) is 7.28 Å². The van der Waals surface area contributed by atoms with Crippen LogP contribution in [0.4, 0.5) is 0 Å². The highest BCUT2D eigenvalue weighted by atomic mass is 79.9. The molecule has 2 saturated carbocycles. The van der Waals surface area contributed by atoms with Crippen LogP contribution in [0.2, 0.25) is 12.6 Å². The third-order valence-electron chi connectivity index (χ3n) is 7.26. The SMILES string of the molecule is Br.CC(C)[C@@H]1CC[C@@H](C)C[C@@H]1C[B]C[C@H]1C[C@H](C)CC[C@H]1C(C)C. The zero-order valence-electron chi connectivity index (χ0n) is 17.3. The molecule has 1 radical (unpaired) electrons. The summed E-state index contributed by atoms with van der Waals surface area (Å²) in [5.74, 6) is 7.57. The van der Waals surface area contributed by atoms with Crippen LogP contribution in [0.15, 0.2) is 0 Å². The van der Waals surface area contributed by atoms with Crippen LogP contribution in [-0.2, 0) is 0 Å². The van der Waals surface area contributed by atoms with E-state index < -0.39 is 0 Å². The maximum absolute atomic E-state index is 2.72. The summed E-state index contributed by atoms with van der Waals surface area (Å²) in [6.45, 7) is 14.7. The number of rotatable bonds is 6. The molecule has 0 aliphatic heterocycles. The molecular weight excluding hydrogens is 355 g/mol. The number of halogens is 1. The molecule has 2 rings (SSSR count). The van der Waals surface area contributed by atoms with Gasteiger partial charge in [-0.2, -0.15) is 0 Å². The molecule has 2 heteroatoms. The quantitative estimate of drug-likeness (QED) is 0.406. The second kappa shape index (κ2) is 10.6. The average molecular weight is 398 g/mol. The Morgan fingerprint density at radius 1 is 0.708 bits per heavy atom. The summed E-state index contributed by atoms with van der Waals surface area (Å²) >= 11 is 0. The smallest absolute Gasteiger partial charge is 0.110 e. The fourth-order valence-electron chi connectivity index (χ4n) is 5.87. The molecule has 0 amide bonds. The van der Waals surface area contributed by atoms with Gasteiger partial charge in [-0.3, -0.25) is 0 Å². The molecular formula is C22H43BBr. The van der Waals surface area contributed by atoms with Crippen molar-refractivity contribution < 1.29 is 0 Å². The van der Waals surface area contributed by atoms with Crippen LogP contribution in [0.5, 0.6) is 0 Å². The topological polar surface area (TPSA) is 0 Å². The average Bonchev–Trinajstić information content (AvgIpc) is 2.46. The summed E-state index contributed by atoms with van der Waals surface area (Å²) in [6.07, 6.45) is 11.6. The summed E-state index contributed by atoms with van der Waals surface area (Å²) in [6, 6.07) is 0. The van der Waals surface area contributed by atoms with Gasteiger partial charge in [0.25, 0.3) is 0 Å². The van der Waals surface area contributed by atoms with Crippen molar-refractivity contribution in [2.24, 2.45) is 47.3 Å². The molecule has 0 aromatic carbocycles. The van der Waals surface area contributed by atoms with Gasteiger partial charge in [0.2, 0.25) is 0 Å². The standard InChI is InChI=1S/C22H42B.BrH/c1-15(2)21-9-7-17(5)11-19(21)13-23-14-20-12-18(6)8-10-22(20)16(3)4;/h15-22H,7-14H2,1-6H3;1H/t17-,18-,19-,20-,21+,22+;/m1./s1. The molecule has 6 atom stereocenters. The Bertz CT molecular complexity index is 309. The lowest BCUT2D eigenvalue weighted by molar-refractivity contribution is 0.152. The summed E-state index contributed by atoms with van der Waals surface area (Å²) in [5.41, 5.74) is 0. The molecule has 24 heavy (non-hydrogen) atoms. The highest BCUT2D eigenvalue weighted by Crippen LogP contribution is 2.42. The van der Waals surface area contributed by atoms with E-state index >= 15 is 0 Å². The fourth-order valence-corrected chi connectivity index (χ4v) is 5.87. The van der Waals surface area contributed by atoms with Crippen LogP contribution in [0.25, 0.3) is 0 Å². The van der Waals surface area contributed by atoms with E-state index in [9.17, 15) is 0 Å². The lowest BCUT2D eigenvalue weighted by Crippen LogP contribution is -2.31. The van der Waals surface area contributed by atoms with E-state index in [4.69, 9.17) is 0 Å². The minimum Gasteiger partial charge on any atom is -0.114 e. The molecule has 0 nitrogen and oxygen atoms in total. The van der Waals surface area contributed by atoms with Gasteiger partial charge in [0.05, 0.1) is 0 Å². The first kappa shape index (κ1) is 22.6. The van der Waals surface area contributed by atoms with Crippen molar-refractivity contribution in [3.63, 3.8) is 0 Å². The van der Waals surface area contributed by atoms with Gasteiger partial charge in [-0.05, 0) is 73.0 Å². The second-order valence-corrected chi connectivity index (χ2v) is 9.93. The van der Waals surface area contributed by atoms with E-state index in [1.54, 1.807) is 0 Å². The Kier molecular flexibility index (Phi) is 10.0. The molecule has 0 unspecified atom stereocenters. The van der Waals surface area contributed by atoms with E-state index in [0.717, 1.165) is 47.3 Å². The van der Waals surface area contributed by atoms with Gasteiger partial charge in [-0.1, -0.05) is 67.0 Å². The summed E-state index contributed by atoms with van der Waals surface area (Å²) < 4.78 is 0. The Balaban J connectivity index is 0.00000288. The fraction of sp³-hybridized carbons (Fsp3) is 1.00.